The van der Waals surface area contributed by atoms with Crippen LogP contribution in [0.15, 0.2) is 0 Å². The first kappa shape index (κ1) is 13.8. The topological polar surface area (TPSA) is 53.3 Å². The molecule has 1 fully saturated rings. The van der Waals surface area contributed by atoms with E-state index in [-0.39, 0.29) is 25.3 Å². The predicted octanol–water partition coefficient (Wildman–Crippen LogP) is 2.50. The van der Waals surface area contributed by atoms with Crippen LogP contribution in [-0.4, -0.2) is 35.9 Å². The molecule has 1 rings (SSSR count). The zero-order valence-corrected chi connectivity index (χ0v) is 10.6. The van der Waals surface area contributed by atoms with Gasteiger partial charge in [-0.2, -0.15) is 5.26 Å². The fraction of sp³-hybridized carbons (Fsp3) is 0.833. The molecular formula is C12H19FN2O2. The molecule has 17 heavy (non-hydrogen) atoms. The molecule has 0 spiro atoms. The Hall–Kier alpha value is -1.31. The molecule has 5 heteroatoms. The monoisotopic (exact) mass is 242 g/mol. The molecule has 1 amide bonds. The highest BCUT2D eigenvalue weighted by molar-refractivity contribution is 5.68. The number of rotatable bonds is 1. The molecule has 0 aromatic rings. The number of hydrogen-bond acceptors (Lipinski definition) is 3. The third-order valence-electron chi connectivity index (χ3n) is 2.65. The molecule has 1 heterocycles. The summed E-state index contributed by atoms with van der Waals surface area (Å²) < 4.78 is 18.7. The molecule has 96 valence electrons. The second kappa shape index (κ2) is 5.35. The van der Waals surface area contributed by atoms with E-state index in [1.807, 2.05) is 6.07 Å². The quantitative estimate of drug-likeness (QED) is 0.709. The maximum atomic E-state index is 13.5. The van der Waals surface area contributed by atoms with Gasteiger partial charge < -0.3 is 9.64 Å². The number of amides is 1. The van der Waals surface area contributed by atoms with Gasteiger partial charge in [-0.15, -0.1) is 0 Å². The molecule has 0 N–H and O–H groups in total. The van der Waals surface area contributed by atoms with Crippen molar-refractivity contribution in [3.05, 3.63) is 0 Å². The number of hydrogen-bond donors (Lipinski definition) is 0. The first-order valence-electron chi connectivity index (χ1n) is 5.82. The molecule has 0 aromatic heterocycles. The van der Waals surface area contributed by atoms with Crippen LogP contribution in [0.2, 0.25) is 0 Å². The number of nitrogens with zero attached hydrogens (tertiary/aromatic N) is 2. The summed E-state index contributed by atoms with van der Waals surface area (Å²) in [6.45, 7) is 6.00. The number of halogens is 1. The van der Waals surface area contributed by atoms with Gasteiger partial charge in [0.2, 0.25) is 0 Å². The number of piperidine rings is 1. The van der Waals surface area contributed by atoms with Gasteiger partial charge in [0.15, 0.2) is 0 Å². The van der Waals surface area contributed by atoms with Crippen molar-refractivity contribution in [1.82, 2.24) is 4.90 Å². The predicted molar refractivity (Wildman–Crippen MR) is 61.0 cm³/mol. The van der Waals surface area contributed by atoms with Crippen molar-refractivity contribution in [1.29, 1.82) is 5.26 Å². The fourth-order valence-corrected chi connectivity index (χ4v) is 1.81. The van der Waals surface area contributed by atoms with Crippen molar-refractivity contribution in [2.45, 2.75) is 45.4 Å². The molecule has 0 bridgehead atoms. The van der Waals surface area contributed by atoms with E-state index in [4.69, 9.17) is 10.00 Å². The first-order chi connectivity index (χ1) is 7.83. The standard InChI is InChI=1S/C12H19FN2O2/c1-12(2,3)17-11(16)15-7-5-10(13)9(8-15)4-6-14/h9-10H,4-5,7-8H2,1-3H3/t9-,10-/m1/s1. The van der Waals surface area contributed by atoms with Crippen LogP contribution in [0.4, 0.5) is 9.18 Å². The van der Waals surface area contributed by atoms with Crippen LogP contribution in [0.1, 0.15) is 33.6 Å². The van der Waals surface area contributed by atoms with Crippen LogP contribution in [0, 0.1) is 17.2 Å². The highest BCUT2D eigenvalue weighted by Gasteiger charge is 2.33. The Bertz CT molecular complexity index is 319. The molecule has 0 radical (unpaired) electrons. The van der Waals surface area contributed by atoms with Gasteiger partial charge in [0.1, 0.15) is 11.8 Å². The maximum Gasteiger partial charge on any atom is 0.410 e. The van der Waals surface area contributed by atoms with Crippen molar-refractivity contribution in [2.24, 2.45) is 5.92 Å². The minimum Gasteiger partial charge on any atom is -0.444 e. The number of carbonyl (C=O) groups excluding carboxylic acids is 1. The molecule has 4 nitrogen and oxygen atoms in total. The van der Waals surface area contributed by atoms with Crippen LogP contribution >= 0.6 is 0 Å². The Morgan fingerprint density at radius 1 is 1.59 bits per heavy atom. The summed E-state index contributed by atoms with van der Waals surface area (Å²) in [5, 5.41) is 8.60. The molecule has 0 aromatic carbocycles. The third-order valence-corrected chi connectivity index (χ3v) is 2.65. The summed E-state index contributed by atoms with van der Waals surface area (Å²) in [6, 6.07) is 1.96. The van der Waals surface area contributed by atoms with E-state index >= 15 is 0 Å². The zero-order chi connectivity index (χ0) is 13.1. The highest BCUT2D eigenvalue weighted by atomic mass is 19.1. The minimum absolute atomic E-state index is 0.139. The largest absolute Gasteiger partial charge is 0.444 e. The summed E-state index contributed by atoms with van der Waals surface area (Å²) >= 11 is 0. The van der Waals surface area contributed by atoms with Gasteiger partial charge >= 0.3 is 6.09 Å². The Kier molecular flexibility index (Phi) is 4.33. The summed E-state index contributed by atoms with van der Waals surface area (Å²) in [5.74, 6) is -0.388. The number of likely N-dealkylation sites (tertiary alicyclic amines) is 1. The van der Waals surface area contributed by atoms with Crippen LogP contribution < -0.4 is 0 Å². The molecule has 1 saturated heterocycles. The molecule has 2 atom stereocenters. The van der Waals surface area contributed by atoms with Crippen molar-refractivity contribution in [2.75, 3.05) is 13.1 Å². The maximum absolute atomic E-state index is 13.5. The average Bonchev–Trinajstić information content (AvgIpc) is 2.19. The molecule has 0 unspecified atom stereocenters. The number of alkyl halides is 1. The zero-order valence-electron chi connectivity index (χ0n) is 10.6. The van der Waals surface area contributed by atoms with E-state index in [9.17, 15) is 9.18 Å². The van der Waals surface area contributed by atoms with Gasteiger partial charge in [0, 0.05) is 25.4 Å². The lowest BCUT2D eigenvalue weighted by Crippen LogP contribution is -2.46. The Labute approximate surface area is 101 Å². The highest BCUT2D eigenvalue weighted by Crippen LogP contribution is 2.24. The Balaban J connectivity index is 2.56. The summed E-state index contributed by atoms with van der Waals surface area (Å²) in [6.07, 6.45) is -0.993. The lowest BCUT2D eigenvalue weighted by atomic mass is 9.94. The number of carbonyl (C=O) groups is 1. The van der Waals surface area contributed by atoms with Crippen LogP contribution in [-0.2, 0) is 4.74 Å². The van der Waals surface area contributed by atoms with Gasteiger partial charge in [-0.1, -0.05) is 0 Å². The summed E-state index contributed by atoms with van der Waals surface area (Å²) in [5.41, 5.74) is -0.547. The smallest absolute Gasteiger partial charge is 0.410 e. The van der Waals surface area contributed by atoms with Gasteiger partial charge in [0.05, 0.1) is 6.07 Å². The number of ether oxygens (including phenoxy) is 1. The molecule has 1 aliphatic heterocycles. The second-order valence-corrected chi connectivity index (χ2v) is 5.35. The lowest BCUT2D eigenvalue weighted by Gasteiger charge is -2.35. The third kappa shape index (κ3) is 4.22. The average molecular weight is 242 g/mol. The Morgan fingerprint density at radius 3 is 2.76 bits per heavy atom. The van der Waals surface area contributed by atoms with E-state index < -0.39 is 17.9 Å². The normalized spacial score (nSPS) is 25.2. The van der Waals surface area contributed by atoms with Crippen molar-refractivity contribution >= 4 is 6.09 Å². The summed E-state index contributed by atoms with van der Waals surface area (Å²) in [4.78, 5) is 13.3. The van der Waals surface area contributed by atoms with Gasteiger partial charge in [-0.3, -0.25) is 0 Å². The fourth-order valence-electron chi connectivity index (χ4n) is 1.81. The van der Waals surface area contributed by atoms with Crippen molar-refractivity contribution in [3.8, 4) is 6.07 Å². The van der Waals surface area contributed by atoms with E-state index in [1.165, 1.54) is 4.90 Å². The van der Waals surface area contributed by atoms with Gasteiger partial charge in [0.25, 0.3) is 0 Å². The van der Waals surface area contributed by atoms with E-state index in [0.717, 1.165) is 0 Å². The second-order valence-electron chi connectivity index (χ2n) is 5.35. The van der Waals surface area contributed by atoms with Crippen molar-refractivity contribution < 1.29 is 13.9 Å². The van der Waals surface area contributed by atoms with Crippen LogP contribution in [0.5, 0.6) is 0 Å². The van der Waals surface area contributed by atoms with Gasteiger partial charge in [-0.25, -0.2) is 9.18 Å². The van der Waals surface area contributed by atoms with Crippen molar-refractivity contribution in [3.63, 3.8) is 0 Å². The van der Waals surface area contributed by atoms with E-state index in [2.05, 4.69) is 0 Å². The Morgan fingerprint density at radius 2 is 2.24 bits per heavy atom. The summed E-state index contributed by atoms with van der Waals surface area (Å²) in [7, 11) is 0. The SMILES string of the molecule is CC(C)(C)OC(=O)N1CC[C@@H](F)[C@H](CC#N)C1. The molecular weight excluding hydrogens is 223 g/mol. The van der Waals surface area contributed by atoms with Gasteiger partial charge in [-0.05, 0) is 27.2 Å². The lowest BCUT2D eigenvalue weighted by molar-refractivity contribution is 0.00719. The van der Waals surface area contributed by atoms with Crippen LogP contribution in [0.3, 0.4) is 0 Å². The first-order valence-corrected chi connectivity index (χ1v) is 5.82. The van der Waals surface area contributed by atoms with E-state index in [1.54, 1.807) is 20.8 Å². The molecule has 0 saturated carbocycles. The molecule has 1 aliphatic rings. The number of nitriles is 1. The minimum atomic E-state index is -0.992. The van der Waals surface area contributed by atoms with E-state index in [0.29, 0.717) is 6.54 Å². The molecule has 0 aliphatic carbocycles. The van der Waals surface area contributed by atoms with Crippen LogP contribution in [0.25, 0.3) is 0 Å².